The first kappa shape index (κ1) is 37.4. The predicted molar refractivity (Wildman–Crippen MR) is 194 cm³/mol. The standard InChI is InChI=1S/C39H46N4O7S/c44-34-23-28(39(49)50)20-27-13-15-29(16-14-27)40-35(45)17-18-36(46)41-33(24-30-12-7-19-51-30)38(48)43-32(22-26-10-5-2-6-11-26)37(47)42-31(34)21-25-8-3-1-4-9-25/h1,3-4,7-9,12-16,19,26,28,31-33H,2,5-6,10-11,17-18,20-24H2,(H,40,45)(H,41,46)(H,42,47)(H,43,48)(H,49,50)/t28-,31-,32+,33-/m1/s1. The van der Waals surface area contributed by atoms with Crippen molar-refractivity contribution in [2.75, 3.05) is 5.32 Å². The number of nitrogens with one attached hydrogen (secondary N) is 4. The van der Waals surface area contributed by atoms with Gasteiger partial charge in [-0.15, -0.1) is 11.3 Å². The van der Waals surface area contributed by atoms with Crippen molar-refractivity contribution < 1.29 is 33.9 Å². The molecule has 4 atom stereocenters. The lowest BCUT2D eigenvalue weighted by Gasteiger charge is -2.29. The number of rotatable bonds is 7. The third-order valence-corrected chi connectivity index (χ3v) is 10.5. The van der Waals surface area contributed by atoms with E-state index in [0.29, 0.717) is 17.7 Å². The Morgan fingerprint density at radius 1 is 0.706 bits per heavy atom. The van der Waals surface area contributed by atoms with Crippen LogP contribution in [0.15, 0.2) is 72.1 Å². The van der Waals surface area contributed by atoms with E-state index >= 15 is 0 Å². The number of ketones is 1. The molecule has 0 unspecified atom stereocenters. The number of carbonyl (C=O) groups is 6. The molecule has 270 valence electrons. The molecule has 1 aromatic heterocycles. The van der Waals surface area contributed by atoms with E-state index in [0.717, 1.165) is 42.5 Å². The van der Waals surface area contributed by atoms with Crippen LogP contribution in [-0.4, -0.2) is 58.6 Å². The molecule has 3 aliphatic rings. The third-order valence-electron chi connectivity index (χ3n) is 9.65. The van der Waals surface area contributed by atoms with E-state index in [-0.39, 0.29) is 44.4 Å². The van der Waals surface area contributed by atoms with Gasteiger partial charge in [-0.2, -0.15) is 0 Å². The number of hydrogen-bond acceptors (Lipinski definition) is 7. The van der Waals surface area contributed by atoms with Crippen LogP contribution >= 0.6 is 11.3 Å². The van der Waals surface area contributed by atoms with Gasteiger partial charge in [0.2, 0.25) is 23.6 Å². The lowest BCUT2D eigenvalue weighted by atomic mass is 9.84. The molecule has 2 aromatic carbocycles. The minimum Gasteiger partial charge on any atom is -0.481 e. The SMILES string of the molecule is O=C1CCC(=O)N[C@H](Cc2cccs2)C(=O)N[C@@H](CC2CCCCC2)C(=O)N[C@H](Cc2ccccc2)C(=O)C[C@H](C(=O)O)Cc2ccc(cc2)N1. The number of Topliss-reactive ketones (excluding diaryl/α,β-unsaturated/α-hetero) is 1. The fourth-order valence-corrected chi connectivity index (χ4v) is 7.58. The monoisotopic (exact) mass is 714 g/mol. The fraction of sp³-hybridized carbons (Fsp3) is 0.436. The van der Waals surface area contributed by atoms with Crippen LogP contribution in [0.3, 0.4) is 0 Å². The summed E-state index contributed by atoms with van der Waals surface area (Å²) in [5.74, 6) is -4.40. The van der Waals surface area contributed by atoms with Gasteiger partial charge in [0.05, 0.1) is 12.0 Å². The molecule has 3 heterocycles. The Hall–Kier alpha value is -4.84. The van der Waals surface area contributed by atoms with Crippen molar-refractivity contribution in [1.82, 2.24) is 16.0 Å². The molecule has 1 aliphatic carbocycles. The summed E-state index contributed by atoms with van der Waals surface area (Å²) in [4.78, 5) is 81.2. The van der Waals surface area contributed by atoms with Crippen LogP contribution in [0.1, 0.15) is 73.8 Å². The minimum absolute atomic E-state index is 0.0630. The average Bonchev–Trinajstić information content (AvgIpc) is 3.64. The maximum atomic E-state index is 14.2. The van der Waals surface area contributed by atoms with E-state index in [1.54, 1.807) is 24.3 Å². The zero-order valence-electron chi connectivity index (χ0n) is 28.6. The summed E-state index contributed by atoms with van der Waals surface area (Å²) in [6.45, 7) is 0. The molecule has 12 heteroatoms. The lowest BCUT2D eigenvalue weighted by molar-refractivity contribution is -0.144. The summed E-state index contributed by atoms with van der Waals surface area (Å²) in [7, 11) is 0. The molecule has 4 amide bonds. The van der Waals surface area contributed by atoms with Crippen molar-refractivity contribution in [1.29, 1.82) is 0 Å². The van der Waals surface area contributed by atoms with Crippen molar-refractivity contribution in [2.45, 2.75) is 95.2 Å². The molecule has 3 aromatic rings. The summed E-state index contributed by atoms with van der Waals surface area (Å²) in [5, 5.41) is 23.4. The lowest BCUT2D eigenvalue weighted by Crippen LogP contribution is -2.57. The van der Waals surface area contributed by atoms with Gasteiger partial charge in [0.15, 0.2) is 5.78 Å². The number of aliphatic carboxylic acids is 1. The number of thiophene rings is 1. The van der Waals surface area contributed by atoms with Crippen molar-refractivity contribution >= 4 is 52.4 Å². The second-order valence-corrected chi connectivity index (χ2v) is 14.6. The van der Waals surface area contributed by atoms with E-state index in [2.05, 4.69) is 21.3 Å². The zero-order valence-corrected chi connectivity index (χ0v) is 29.4. The van der Waals surface area contributed by atoms with Gasteiger partial charge >= 0.3 is 5.97 Å². The van der Waals surface area contributed by atoms with Gasteiger partial charge in [-0.05, 0) is 59.9 Å². The molecule has 5 N–H and O–H groups in total. The minimum atomic E-state index is -1.14. The molecular formula is C39H46N4O7S. The number of carboxylic acids is 1. The first-order valence-electron chi connectivity index (χ1n) is 17.7. The van der Waals surface area contributed by atoms with E-state index in [9.17, 15) is 33.9 Å². The normalized spacial score (nSPS) is 23.3. The third kappa shape index (κ3) is 11.6. The topological polar surface area (TPSA) is 171 Å². The number of benzene rings is 2. The Morgan fingerprint density at radius 3 is 2.08 bits per heavy atom. The van der Waals surface area contributed by atoms with E-state index in [1.165, 1.54) is 11.3 Å². The average molecular weight is 715 g/mol. The molecule has 6 rings (SSSR count). The zero-order chi connectivity index (χ0) is 36.2. The summed E-state index contributed by atoms with van der Waals surface area (Å²) in [6.07, 6.45) is 5.12. The van der Waals surface area contributed by atoms with Crippen LogP contribution in [0.25, 0.3) is 0 Å². The summed E-state index contributed by atoms with van der Waals surface area (Å²) in [6, 6.07) is 16.5. The van der Waals surface area contributed by atoms with Crippen molar-refractivity contribution in [2.24, 2.45) is 11.8 Å². The Balaban J connectivity index is 1.47. The molecular weight excluding hydrogens is 669 g/mol. The Labute approximate surface area is 302 Å². The number of carboxylic acid groups (broad SMARTS) is 1. The van der Waals surface area contributed by atoms with Crippen LogP contribution in [0.4, 0.5) is 5.69 Å². The van der Waals surface area contributed by atoms with Crippen LogP contribution < -0.4 is 21.3 Å². The van der Waals surface area contributed by atoms with E-state index < -0.39 is 59.4 Å². The fourth-order valence-electron chi connectivity index (χ4n) is 6.82. The largest absolute Gasteiger partial charge is 0.481 e. The van der Waals surface area contributed by atoms with Crippen LogP contribution in [0.2, 0.25) is 0 Å². The van der Waals surface area contributed by atoms with Crippen molar-refractivity contribution in [3.05, 3.63) is 88.1 Å². The highest BCUT2D eigenvalue weighted by Crippen LogP contribution is 2.28. The number of fused-ring (bicyclic) bond motifs is 18. The van der Waals surface area contributed by atoms with Crippen LogP contribution in [-0.2, 0) is 48.0 Å². The van der Waals surface area contributed by atoms with Crippen LogP contribution in [0, 0.1) is 11.8 Å². The van der Waals surface area contributed by atoms with Gasteiger partial charge in [-0.3, -0.25) is 28.8 Å². The number of hydrogen-bond donors (Lipinski definition) is 5. The molecule has 51 heavy (non-hydrogen) atoms. The number of carbonyl (C=O) groups excluding carboxylic acids is 5. The predicted octanol–water partition coefficient (Wildman–Crippen LogP) is 4.59. The molecule has 0 radical (unpaired) electrons. The van der Waals surface area contributed by atoms with Gasteiger partial charge in [0.1, 0.15) is 12.1 Å². The van der Waals surface area contributed by atoms with Gasteiger partial charge in [-0.1, -0.05) is 80.6 Å². The van der Waals surface area contributed by atoms with Crippen LogP contribution in [0.5, 0.6) is 0 Å². The number of anilines is 1. The Morgan fingerprint density at radius 2 is 1.39 bits per heavy atom. The Bertz CT molecular complexity index is 1660. The highest BCUT2D eigenvalue weighted by molar-refractivity contribution is 7.09. The van der Waals surface area contributed by atoms with E-state index in [4.69, 9.17) is 0 Å². The van der Waals surface area contributed by atoms with Crippen molar-refractivity contribution in [3.63, 3.8) is 0 Å². The second kappa shape index (κ2) is 18.4. The van der Waals surface area contributed by atoms with Gasteiger partial charge in [-0.25, -0.2) is 0 Å². The molecule has 1 saturated carbocycles. The van der Waals surface area contributed by atoms with Crippen molar-refractivity contribution in [3.8, 4) is 0 Å². The highest BCUT2D eigenvalue weighted by Gasteiger charge is 2.33. The highest BCUT2D eigenvalue weighted by atomic mass is 32.1. The summed E-state index contributed by atoms with van der Waals surface area (Å²) < 4.78 is 0. The number of amides is 4. The molecule has 11 nitrogen and oxygen atoms in total. The second-order valence-electron chi connectivity index (χ2n) is 13.6. The molecule has 0 spiro atoms. The molecule has 0 saturated heterocycles. The maximum absolute atomic E-state index is 14.2. The summed E-state index contributed by atoms with van der Waals surface area (Å²) >= 11 is 1.44. The quantitative estimate of drug-likeness (QED) is 0.223. The van der Waals surface area contributed by atoms with Gasteiger partial charge in [0, 0.05) is 36.2 Å². The van der Waals surface area contributed by atoms with E-state index in [1.807, 2.05) is 47.8 Å². The van der Waals surface area contributed by atoms with Gasteiger partial charge < -0.3 is 26.4 Å². The molecule has 1 fully saturated rings. The summed E-state index contributed by atoms with van der Waals surface area (Å²) in [5.41, 5.74) is 1.93. The smallest absolute Gasteiger partial charge is 0.307 e. The molecule has 2 aliphatic heterocycles. The van der Waals surface area contributed by atoms with Gasteiger partial charge in [0.25, 0.3) is 0 Å². The first-order chi connectivity index (χ1) is 24.6. The maximum Gasteiger partial charge on any atom is 0.307 e. The Kier molecular flexibility index (Phi) is 13.5. The first-order valence-corrected chi connectivity index (χ1v) is 18.6. The molecule has 2 bridgehead atoms.